The molecule has 2 N–H and O–H groups in total. The van der Waals surface area contributed by atoms with E-state index in [1.165, 1.54) is 6.07 Å². The molecule has 0 spiro atoms. The summed E-state index contributed by atoms with van der Waals surface area (Å²) in [5, 5.41) is 27.0. The van der Waals surface area contributed by atoms with E-state index in [9.17, 15) is 9.90 Å². The van der Waals surface area contributed by atoms with Gasteiger partial charge in [0, 0.05) is 23.4 Å². The van der Waals surface area contributed by atoms with Gasteiger partial charge in [-0.15, -0.1) is 0 Å². The predicted molar refractivity (Wildman–Crippen MR) is 102 cm³/mol. The molecule has 0 fully saturated rings. The smallest absolute Gasteiger partial charge is 0.303 e. The van der Waals surface area contributed by atoms with Gasteiger partial charge in [0.1, 0.15) is 5.75 Å². The first kappa shape index (κ1) is 21.1. The number of carboxylic acids is 1. The second-order valence-corrected chi connectivity index (χ2v) is 5.89. The van der Waals surface area contributed by atoms with Crippen molar-refractivity contribution in [3.8, 4) is 23.7 Å². The van der Waals surface area contributed by atoms with Gasteiger partial charge in [-0.25, -0.2) is 0 Å². The fourth-order valence-electron chi connectivity index (χ4n) is 1.98. The number of unbranched alkanes of at least 4 members (excludes halogenated alkanes) is 1. The number of carbonyl (C=O) groups is 1. The molecule has 5 heteroatoms. The monoisotopic (exact) mass is 369 g/mol. The zero-order chi connectivity index (χ0) is 19.4. The van der Waals surface area contributed by atoms with Gasteiger partial charge in [0.05, 0.1) is 11.6 Å². The molecule has 0 radical (unpaired) electrons. The number of benzene rings is 2. The third-order valence-corrected chi connectivity index (χ3v) is 3.41. The van der Waals surface area contributed by atoms with Crippen molar-refractivity contribution < 1.29 is 15.0 Å². The van der Waals surface area contributed by atoms with E-state index in [2.05, 4.69) is 18.8 Å². The van der Waals surface area contributed by atoms with Crippen LogP contribution in [0, 0.1) is 23.2 Å². The van der Waals surface area contributed by atoms with Crippen molar-refractivity contribution in [3.05, 3.63) is 64.2 Å². The van der Waals surface area contributed by atoms with Crippen molar-refractivity contribution in [1.29, 1.82) is 5.26 Å². The number of aryl methyl sites for hydroxylation is 1. The van der Waals surface area contributed by atoms with Gasteiger partial charge < -0.3 is 10.2 Å². The standard InChI is InChI=1S/C12H11NO.C9H9ClO2/c1-2-3-4-5-10-6-11(9-13)8-12(14)7-10;10-8-3-1-2-7(6-8)4-5-9(11)12/h6-8,14H,2-3H2,1H3;1-3,6H,4-5H2,(H,11,12). The largest absolute Gasteiger partial charge is 0.508 e. The average Bonchev–Trinajstić information content (AvgIpc) is 2.60. The molecule has 0 unspecified atom stereocenters. The lowest BCUT2D eigenvalue weighted by atomic mass is 10.1. The third-order valence-electron chi connectivity index (χ3n) is 3.17. The summed E-state index contributed by atoms with van der Waals surface area (Å²) in [6.07, 6.45) is 2.53. The summed E-state index contributed by atoms with van der Waals surface area (Å²) in [5.74, 6) is 5.16. The van der Waals surface area contributed by atoms with Crippen LogP contribution in [-0.2, 0) is 11.2 Å². The summed E-state index contributed by atoms with van der Waals surface area (Å²) in [6, 6.07) is 13.9. The summed E-state index contributed by atoms with van der Waals surface area (Å²) in [6.45, 7) is 2.05. The molecule has 26 heavy (non-hydrogen) atoms. The van der Waals surface area contributed by atoms with Gasteiger partial charge in [-0.1, -0.05) is 42.5 Å². The molecule has 2 aromatic carbocycles. The Morgan fingerprint density at radius 2 is 1.92 bits per heavy atom. The number of phenolic OH excluding ortho intramolecular Hbond substituents is 1. The Balaban J connectivity index is 0.000000263. The summed E-state index contributed by atoms with van der Waals surface area (Å²) < 4.78 is 0. The quantitative estimate of drug-likeness (QED) is 0.760. The van der Waals surface area contributed by atoms with Gasteiger partial charge in [-0.2, -0.15) is 5.26 Å². The molecule has 0 bridgehead atoms. The van der Waals surface area contributed by atoms with E-state index in [4.69, 9.17) is 22.0 Å². The molecule has 0 saturated carbocycles. The number of hydrogen-bond acceptors (Lipinski definition) is 3. The van der Waals surface area contributed by atoms with Crippen LogP contribution in [0.2, 0.25) is 5.02 Å². The van der Waals surface area contributed by atoms with Crippen LogP contribution in [-0.4, -0.2) is 16.2 Å². The summed E-state index contributed by atoms with van der Waals surface area (Å²) >= 11 is 5.71. The fourth-order valence-corrected chi connectivity index (χ4v) is 2.19. The van der Waals surface area contributed by atoms with E-state index in [1.54, 1.807) is 24.3 Å². The third kappa shape index (κ3) is 8.78. The van der Waals surface area contributed by atoms with Crippen molar-refractivity contribution in [3.63, 3.8) is 0 Å². The van der Waals surface area contributed by atoms with Crippen LogP contribution in [0.25, 0.3) is 0 Å². The van der Waals surface area contributed by atoms with Crippen molar-refractivity contribution in [2.45, 2.75) is 32.6 Å². The Morgan fingerprint density at radius 1 is 1.19 bits per heavy atom. The van der Waals surface area contributed by atoms with Crippen LogP contribution in [0.1, 0.15) is 42.9 Å². The van der Waals surface area contributed by atoms with Crippen molar-refractivity contribution in [2.24, 2.45) is 0 Å². The van der Waals surface area contributed by atoms with E-state index in [1.807, 2.05) is 18.2 Å². The molecule has 0 aromatic heterocycles. The molecule has 0 aliphatic carbocycles. The lowest BCUT2D eigenvalue weighted by Crippen LogP contribution is -1.96. The van der Waals surface area contributed by atoms with Gasteiger partial charge in [0.25, 0.3) is 0 Å². The number of rotatable bonds is 4. The molecule has 0 heterocycles. The van der Waals surface area contributed by atoms with Crippen LogP contribution in [0.15, 0.2) is 42.5 Å². The normalized spacial score (nSPS) is 9.12. The topological polar surface area (TPSA) is 81.3 Å². The minimum atomic E-state index is -0.782. The van der Waals surface area contributed by atoms with Crippen molar-refractivity contribution in [2.75, 3.05) is 0 Å². The number of aromatic hydroxyl groups is 1. The van der Waals surface area contributed by atoms with Gasteiger partial charge in [0.15, 0.2) is 0 Å². The highest BCUT2D eigenvalue weighted by Gasteiger charge is 1.99. The maximum absolute atomic E-state index is 10.2. The van der Waals surface area contributed by atoms with Crippen molar-refractivity contribution in [1.82, 2.24) is 0 Å². The van der Waals surface area contributed by atoms with E-state index < -0.39 is 5.97 Å². The number of nitrogens with zero attached hydrogens (tertiary/aromatic N) is 1. The lowest BCUT2D eigenvalue weighted by Gasteiger charge is -1.97. The molecular weight excluding hydrogens is 350 g/mol. The van der Waals surface area contributed by atoms with Crippen LogP contribution < -0.4 is 0 Å². The fraction of sp³-hybridized carbons (Fsp3) is 0.238. The Hall–Kier alpha value is -2.95. The maximum Gasteiger partial charge on any atom is 0.303 e. The molecule has 2 rings (SSSR count). The van der Waals surface area contributed by atoms with E-state index in [0.717, 1.165) is 18.4 Å². The highest BCUT2D eigenvalue weighted by atomic mass is 35.5. The van der Waals surface area contributed by atoms with Gasteiger partial charge in [-0.05, 0) is 48.7 Å². The van der Waals surface area contributed by atoms with Crippen molar-refractivity contribution >= 4 is 17.6 Å². The van der Waals surface area contributed by atoms with Crippen LogP contribution >= 0.6 is 11.6 Å². The summed E-state index contributed by atoms with van der Waals surface area (Å²) in [7, 11) is 0. The molecule has 0 aliphatic rings. The molecular formula is C21H20ClNO3. The minimum absolute atomic E-state index is 0.0878. The van der Waals surface area contributed by atoms with E-state index in [0.29, 0.717) is 22.6 Å². The lowest BCUT2D eigenvalue weighted by molar-refractivity contribution is -0.136. The predicted octanol–water partition coefficient (Wildman–Crippen LogP) is 4.77. The number of nitriles is 1. The van der Waals surface area contributed by atoms with E-state index in [-0.39, 0.29) is 12.2 Å². The highest BCUT2D eigenvalue weighted by molar-refractivity contribution is 6.30. The van der Waals surface area contributed by atoms with Crippen LogP contribution in [0.5, 0.6) is 5.75 Å². The first-order chi connectivity index (χ1) is 12.4. The maximum atomic E-state index is 10.2. The van der Waals surface area contributed by atoms with E-state index >= 15 is 0 Å². The number of halogens is 1. The zero-order valence-corrected chi connectivity index (χ0v) is 15.3. The van der Waals surface area contributed by atoms with Gasteiger partial charge in [-0.3, -0.25) is 4.79 Å². The second-order valence-electron chi connectivity index (χ2n) is 5.46. The molecule has 0 saturated heterocycles. The van der Waals surface area contributed by atoms with Gasteiger partial charge >= 0.3 is 5.97 Å². The number of phenols is 1. The summed E-state index contributed by atoms with van der Waals surface area (Å²) in [4.78, 5) is 10.2. The highest BCUT2D eigenvalue weighted by Crippen LogP contribution is 2.14. The molecule has 0 aliphatic heterocycles. The minimum Gasteiger partial charge on any atom is -0.508 e. The Morgan fingerprint density at radius 3 is 2.54 bits per heavy atom. The molecule has 134 valence electrons. The molecule has 4 nitrogen and oxygen atoms in total. The summed E-state index contributed by atoms with van der Waals surface area (Å²) in [5.41, 5.74) is 2.09. The molecule has 2 aromatic rings. The SMILES string of the molecule is CCCC#Cc1cc(O)cc(C#N)c1.O=C(O)CCc1cccc(Cl)c1. The first-order valence-electron chi connectivity index (χ1n) is 8.14. The zero-order valence-electron chi connectivity index (χ0n) is 14.5. The first-order valence-corrected chi connectivity index (χ1v) is 8.51. The Kier molecular flexibility index (Phi) is 9.39. The second kappa shape index (κ2) is 11.6. The Labute approximate surface area is 158 Å². The average molecular weight is 370 g/mol. The Bertz CT molecular complexity index is 844. The van der Waals surface area contributed by atoms with Crippen LogP contribution in [0.4, 0.5) is 0 Å². The number of carboxylic acid groups (broad SMARTS) is 1. The van der Waals surface area contributed by atoms with Gasteiger partial charge in [0.2, 0.25) is 0 Å². The molecule has 0 amide bonds. The molecule has 0 atom stereocenters. The number of aliphatic carboxylic acids is 1. The number of hydrogen-bond donors (Lipinski definition) is 2. The van der Waals surface area contributed by atoms with Crippen LogP contribution in [0.3, 0.4) is 0 Å².